The fourth-order valence-electron chi connectivity index (χ4n) is 0.684. The Hall–Kier alpha value is 1.29. The summed E-state index contributed by atoms with van der Waals surface area (Å²) >= 11 is 0. The predicted octanol–water partition coefficient (Wildman–Crippen LogP) is -14.9. The fraction of sp³-hybridized carbons (Fsp3) is 0.500. The summed E-state index contributed by atoms with van der Waals surface area (Å²) < 4.78 is 0. The average Bonchev–Trinajstić information content (AvgIpc) is 2.04. The molecule has 12 heteroatoms. The molecule has 0 atom stereocenters. The van der Waals surface area contributed by atoms with E-state index in [2.05, 4.69) is 5.90 Å². The van der Waals surface area contributed by atoms with Crippen molar-refractivity contribution in [2.24, 2.45) is 5.90 Å². The summed E-state index contributed by atoms with van der Waals surface area (Å²) in [6, 6.07) is 0. The second kappa shape index (κ2) is 16.3. The predicted molar refractivity (Wildman–Crippen MR) is 35.2 cm³/mol. The maximum Gasteiger partial charge on any atom is 1.00 e. The van der Waals surface area contributed by atoms with Crippen molar-refractivity contribution < 1.29 is 129 Å². The van der Waals surface area contributed by atoms with Crippen molar-refractivity contribution in [3.8, 4) is 0 Å². The maximum absolute atomic E-state index is 10.1. The first-order valence-corrected chi connectivity index (χ1v) is 3.37. The molecule has 0 spiro atoms. The van der Waals surface area contributed by atoms with E-state index in [1.54, 1.807) is 0 Å². The first-order valence-electron chi connectivity index (χ1n) is 3.37. The van der Waals surface area contributed by atoms with E-state index in [4.69, 9.17) is 10.3 Å². The molecule has 4 N–H and O–H groups in total. The second-order valence-corrected chi connectivity index (χ2v) is 2.42. The molecular formula is C6H8NNa3O8. The Balaban J connectivity index is -0.000000107. The van der Waals surface area contributed by atoms with Crippen molar-refractivity contribution in [3.05, 3.63) is 0 Å². The molecule has 0 radical (unpaired) electrons. The molecule has 0 aliphatic carbocycles. The first kappa shape index (κ1) is 31.6. The number of hydrogen-bond donors (Lipinski definition) is 3. The number of carboxylic acids is 3. The van der Waals surface area contributed by atoms with Crippen molar-refractivity contribution in [1.82, 2.24) is 0 Å². The van der Waals surface area contributed by atoms with Gasteiger partial charge in [0.05, 0.1) is 5.97 Å². The SMILES string of the molecule is NO.O=C([O-])CC(O)(CC(=O)[O-])C(=O)[O-].[Na+].[Na+].[Na+]. The molecule has 0 aromatic rings. The number of nitrogens with two attached hydrogens (primary N) is 1. The molecule has 0 aromatic carbocycles. The topological polar surface area (TPSA) is 187 Å². The van der Waals surface area contributed by atoms with Gasteiger partial charge < -0.3 is 40.0 Å². The van der Waals surface area contributed by atoms with E-state index >= 15 is 0 Å². The zero-order chi connectivity index (χ0) is 12.6. The number of aliphatic hydroxyl groups is 1. The van der Waals surface area contributed by atoms with Gasteiger partial charge in [0.15, 0.2) is 0 Å². The van der Waals surface area contributed by atoms with E-state index in [9.17, 15) is 29.7 Å². The van der Waals surface area contributed by atoms with Gasteiger partial charge >= 0.3 is 88.7 Å². The third-order valence-corrected chi connectivity index (χ3v) is 1.25. The summed E-state index contributed by atoms with van der Waals surface area (Å²) in [7, 11) is 0. The van der Waals surface area contributed by atoms with Gasteiger partial charge in [0, 0.05) is 24.8 Å². The van der Waals surface area contributed by atoms with Gasteiger partial charge in [-0.3, -0.25) is 0 Å². The quantitative estimate of drug-likeness (QED) is 0.326. The van der Waals surface area contributed by atoms with Crippen molar-refractivity contribution in [3.63, 3.8) is 0 Å². The summed E-state index contributed by atoms with van der Waals surface area (Å²) in [5.74, 6) is -2.48. The van der Waals surface area contributed by atoms with Crippen LogP contribution in [0.2, 0.25) is 0 Å². The summed E-state index contributed by atoms with van der Waals surface area (Å²) in [4.78, 5) is 30.0. The van der Waals surface area contributed by atoms with Crippen LogP contribution < -0.4 is 110 Å². The molecule has 0 aliphatic rings. The van der Waals surface area contributed by atoms with Gasteiger partial charge in [-0.1, -0.05) is 0 Å². The van der Waals surface area contributed by atoms with E-state index in [-0.39, 0.29) is 88.7 Å². The van der Waals surface area contributed by atoms with Crippen LogP contribution in [-0.2, 0) is 14.4 Å². The summed E-state index contributed by atoms with van der Waals surface area (Å²) in [6.45, 7) is 0. The minimum Gasteiger partial charge on any atom is -0.550 e. The van der Waals surface area contributed by atoms with Gasteiger partial charge in [0.1, 0.15) is 5.60 Å². The minimum absolute atomic E-state index is 0. The zero-order valence-electron chi connectivity index (χ0n) is 10.3. The van der Waals surface area contributed by atoms with Crippen LogP contribution in [0.1, 0.15) is 12.8 Å². The Morgan fingerprint density at radius 2 is 1.11 bits per heavy atom. The van der Waals surface area contributed by atoms with E-state index < -0.39 is 36.4 Å². The van der Waals surface area contributed by atoms with Crippen LogP contribution in [0.3, 0.4) is 0 Å². The van der Waals surface area contributed by atoms with E-state index in [0.717, 1.165) is 0 Å². The average molecular weight is 291 g/mol. The van der Waals surface area contributed by atoms with Gasteiger partial charge in [-0.2, -0.15) is 0 Å². The molecule has 0 aromatic heterocycles. The van der Waals surface area contributed by atoms with Crippen LogP contribution in [0.4, 0.5) is 0 Å². The Bertz CT molecular complexity index is 245. The normalized spacial score (nSPS) is 8.17. The van der Waals surface area contributed by atoms with Crippen LogP contribution in [0, 0.1) is 0 Å². The molecule has 0 saturated heterocycles. The van der Waals surface area contributed by atoms with Crippen LogP contribution >= 0.6 is 0 Å². The van der Waals surface area contributed by atoms with Gasteiger partial charge in [0.2, 0.25) is 0 Å². The molecule has 9 nitrogen and oxygen atoms in total. The number of carbonyl (C=O) groups excluding carboxylic acids is 3. The molecular weight excluding hydrogens is 283 g/mol. The molecule has 0 saturated carbocycles. The van der Waals surface area contributed by atoms with Crippen LogP contribution in [0.5, 0.6) is 0 Å². The third kappa shape index (κ3) is 15.3. The summed E-state index contributed by atoms with van der Waals surface area (Å²) in [5, 5.41) is 45.4. The van der Waals surface area contributed by atoms with Crippen LogP contribution in [0.15, 0.2) is 0 Å². The van der Waals surface area contributed by atoms with Crippen LogP contribution in [-0.4, -0.2) is 33.8 Å². The van der Waals surface area contributed by atoms with E-state index in [1.165, 1.54) is 0 Å². The molecule has 0 fully saturated rings. The standard InChI is InChI=1S/C6H8O7.H3NO.3Na/c7-3(8)1-6(13,5(11)12)2-4(9)10;1-2;;;/h13H,1-2H2,(H,7,8)(H,9,10)(H,11,12);2H,1H2;;;/q;;3*+1/p-3. The molecule has 0 amide bonds. The number of carbonyl (C=O) groups is 3. The smallest absolute Gasteiger partial charge is 0.550 e. The first-order chi connectivity index (χ1) is 6.78. The van der Waals surface area contributed by atoms with Crippen molar-refractivity contribution in [2.45, 2.75) is 18.4 Å². The minimum atomic E-state index is -2.97. The maximum atomic E-state index is 10.1. The summed E-state index contributed by atoms with van der Waals surface area (Å²) in [6.07, 6.45) is -2.72. The molecule has 0 rings (SSSR count). The van der Waals surface area contributed by atoms with Gasteiger partial charge in [-0.15, -0.1) is 0 Å². The number of hydrogen-bond acceptors (Lipinski definition) is 9. The Morgan fingerprint density at radius 3 is 1.22 bits per heavy atom. The van der Waals surface area contributed by atoms with E-state index in [0.29, 0.717) is 0 Å². The number of aliphatic carboxylic acids is 3. The zero-order valence-corrected chi connectivity index (χ0v) is 16.3. The largest absolute Gasteiger partial charge is 1.00 e. The molecule has 0 heterocycles. The molecule has 88 valence electrons. The summed E-state index contributed by atoms with van der Waals surface area (Å²) in [5.41, 5.74) is -2.97. The van der Waals surface area contributed by atoms with Crippen molar-refractivity contribution in [2.75, 3.05) is 0 Å². The molecule has 18 heavy (non-hydrogen) atoms. The van der Waals surface area contributed by atoms with Crippen LogP contribution in [0.25, 0.3) is 0 Å². The second-order valence-electron chi connectivity index (χ2n) is 2.42. The van der Waals surface area contributed by atoms with E-state index in [1.807, 2.05) is 0 Å². The Kier molecular flexibility index (Phi) is 28.7. The molecule has 0 aliphatic heterocycles. The molecule has 0 unspecified atom stereocenters. The van der Waals surface area contributed by atoms with Gasteiger partial charge in [0.25, 0.3) is 0 Å². The third-order valence-electron chi connectivity index (χ3n) is 1.25. The number of rotatable bonds is 5. The molecule has 0 bridgehead atoms. The Morgan fingerprint density at radius 1 is 0.889 bits per heavy atom. The number of carboxylic acid groups (broad SMARTS) is 3. The van der Waals surface area contributed by atoms with Gasteiger partial charge in [-0.25, -0.2) is 5.90 Å². The fourth-order valence-corrected chi connectivity index (χ4v) is 0.684. The van der Waals surface area contributed by atoms with Crippen molar-refractivity contribution in [1.29, 1.82) is 0 Å². The van der Waals surface area contributed by atoms with Crippen molar-refractivity contribution >= 4 is 17.9 Å². The van der Waals surface area contributed by atoms with Gasteiger partial charge in [-0.05, 0) is 0 Å². The Labute approximate surface area is 169 Å². The monoisotopic (exact) mass is 291 g/mol.